The van der Waals surface area contributed by atoms with Crippen LogP contribution in [0.1, 0.15) is 105 Å². The van der Waals surface area contributed by atoms with E-state index in [0.717, 1.165) is 24.2 Å². The summed E-state index contributed by atoms with van der Waals surface area (Å²) in [5.41, 5.74) is 0. The molecule has 0 bridgehead atoms. The van der Waals surface area contributed by atoms with Crippen molar-refractivity contribution in [3.63, 3.8) is 0 Å². The second-order valence-electron chi connectivity index (χ2n) is 9.79. The van der Waals surface area contributed by atoms with Crippen LogP contribution in [0.2, 0.25) is 0 Å². The van der Waals surface area contributed by atoms with E-state index >= 15 is 0 Å². The quantitative estimate of drug-likeness (QED) is 0.394. The molecule has 162 valence electrons. The Morgan fingerprint density at radius 3 is 1.75 bits per heavy atom. The molecule has 4 unspecified atom stereocenters. The maximum atomic E-state index is 14.5. The molecule has 3 aliphatic carbocycles. The average molecular weight is 395 g/mol. The van der Waals surface area contributed by atoms with E-state index in [4.69, 9.17) is 0 Å². The van der Waals surface area contributed by atoms with Crippen LogP contribution in [0.5, 0.6) is 0 Å². The predicted octanol–water partition coefficient (Wildman–Crippen LogP) is 8.15. The summed E-state index contributed by atoms with van der Waals surface area (Å²) in [7, 11) is 0. The van der Waals surface area contributed by atoms with Crippen molar-refractivity contribution < 1.29 is 8.78 Å². The molecule has 3 saturated carbocycles. The molecule has 28 heavy (non-hydrogen) atoms. The summed E-state index contributed by atoms with van der Waals surface area (Å²) in [5, 5.41) is 0. The summed E-state index contributed by atoms with van der Waals surface area (Å²) >= 11 is 0. The molecule has 3 rings (SSSR count). The van der Waals surface area contributed by atoms with Gasteiger partial charge in [0.25, 0.3) is 0 Å². The highest BCUT2D eigenvalue weighted by Crippen LogP contribution is 2.41. The van der Waals surface area contributed by atoms with E-state index in [1.807, 2.05) is 20.8 Å². The van der Waals surface area contributed by atoms with Gasteiger partial charge in [0.2, 0.25) is 0 Å². The number of hydrogen-bond acceptors (Lipinski definition) is 0. The summed E-state index contributed by atoms with van der Waals surface area (Å²) in [6, 6.07) is 0. The van der Waals surface area contributed by atoms with Gasteiger partial charge < -0.3 is 0 Å². The van der Waals surface area contributed by atoms with Gasteiger partial charge in [0.15, 0.2) is 0 Å². The molecule has 0 N–H and O–H groups in total. The smallest absolute Gasteiger partial charge is 0.114 e. The lowest BCUT2D eigenvalue weighted by Crippen LogP contribution is -2.26. The molecule has 3 fully saturated rings. The Morgan fingerprint density at radius 1 is 0.607 bits per heavy atom. The van der Waals surface area contributed by atoms with Crippen molar-refractivity contribution in [2.75, 3.05) is 0 Å². The Labute approximate surface area is 173 Å². The van der Waals surface area contributed by atoms with Crippen molar-refractivity contribution in [3.05, 3.63) is 0 Å². The zero-order valence-electron chi connectivity index (χ0n) is 18.9. The lowest BCUT2D eigenvalue weighted by Gasteiger charge is -2.36. The third-order valence-electron chi connectivity index (χ3n) is 7.51. The first-order chi connectivity index (χ1) is 13.5. The third kappa shape index (κ3) is 7.35. The molecule has 4 atom stereocenters. The van der Waals surface area contributed by atoms with Crippen molar-refractivity contribution in [3.8, 4) is 11.8 Å². The lowest BCUT2D eigenvalue weighted by molar-refractivity contribution is 0.146. The van der Waals surface area contributed by atoms with Crippen LogP contribution in [-0.4, -0.2) is 12.3 Å². The van der Waals surface area contributed by atoms with Gasteiger partial charge in [-0.1, -0.05) is 52.4 Å². The minimum absolute atomic E-state index is 0.300. The van der Waals surface area contributed by atoms with Gasteiger partial charge in [0, 0.05) is 5.92 Å². The van der Waals surface area contributed by atoms with E-state index in [9.17, 15) is 8.78 Å². The van der Waals surface area contributed by atoms with Gasteiger partial charge in [-0.25, -0.2) is 8.78 Å². The second-order valence-corrected chi connectivity index (χ2v) is 9.79. The van der Waals surface area contributed by atoms with Gasteiger partial charge in [0.1, 0.15) is 12.3 Å². The summed E-state index contributed by atoms with van der Waals surface area (Å²) < 4.78 is 28.6. The highest BCUT2D eigenvalue weighted by atomic mass is 19.1. The van der Waals surface area contributed by atoms with Gasteiger partial charge in [0.05, 0.1) is 5.92 Å². The Kier molecular flexibility index (Phi) is 10.3. The first-order valence-corrected chi connectivity index (χ1v) is 12.3. The molecular formula is C26H44F2. The molecule has 2 heteroatoms. The average Bonchev–Trinajstić information content (AvgIpc) is 2.71. The Bertz CT molecular complexity index is 474. The van der Waals surface area contributed by atoms with Crippen LogP contribution >= 0.6 is 0 Å². The molecule has 0 aromatic carbocycles. The zero-order chi connectivity index (χ0) is 20.5. The van der Waals surface area contributed by atoms with E-state index in [2.05, 4.69) is 18.8 Å². The Balaban J connectivity index is 0.00000136. The summed E-state index contributed by atoms with van der Waals surface area (Å²) in [5.74, 6) is 9.67. The largest absolute Gasteiger partial charge is 0.247 e. The fourth-order valence-corrected chi connectivity index (χ4v) is 5.59. The van der Waals surface area contributed by atoms with Gasteiger partial charge in [-0.2, -0.15) is 0 Å². The SMILES string of the molecule is CC.CC1CCC(C2CCC(C#CC3CC(F)CC(C)CCC3F)CC2)CC1. The van der Waals surface area contributed by atoms with E-state index in [1.54, 1.807) is 0 Å². The number of alkyl halides is 2. The maximum Gasteiger partial charge on any atom is 0.114 e. The van der Waals surface area contributed by atoms with Crippen molar-refractivity contribution >= 4 is 0 Å². The molecule has 0 heterocycles. The standard InChI is InChI=1S/C24H38F2.C2H6/c1-17-3-9-20(10-4-17)21-11-6-19(7-12-21)8-13-22-16-23(25)15-18(2)5-14-24(22)26;1-2/h17-24H,3-7,9-12,14-16H2,1-2H3;1-2H3. The van der Waals surface area contributed by atoms with Crippen LogP contribution in [0.25, 0.3) is 0 Å². The molecule has 0 spiro atoms. The summed E-state index contributed by atoms with van der Waals surface area (Å²) in [6.45, 7) is 8.43. The number of hydrogen-bond donors (Lipinski definition) is 0. The van der Waals surface area contributed by atoms with Crippen LogP contribution in [0.4, 0.5) is 8.78 Å². The van der Waals surface area contributed by atoms with E-state index in [-0.39, 0.29) is 5.92 Å². The summed E-state index contributed by atoms with van der Waals surface area (Å²) in [4.78, 5) is 0. The second kappa shape index (κ2) is 12.2. The Morgan fingerprint density at radius 2 is 1.14 bits per heavy atom. The van der Waals surface area contributed by atoms with Gasteiger partial charge in [-0.05, 0) is 87.9 Å². The number of rotatable bonds is 1. The van der Waals surface area contributed by atoms with Gasteiger partial charge >= 0.3 is 0 Å². The van der Waals surface area contributed by atoms with Crippen LogP contribution < -0.4 is 0 Å². The highest BCUT2D eigenvalue weighted by Gasteiger charge is 2.30. The van der Waals surface area contributed by atoms with E-state index in [0.29, 0.717) is 31.1 Å². The molecular weight excluding hydrogens is 350 g/mol. The topological polar surface area (TPSA) is 0 Å². The minimum atomic E-state index is -0.941. The lowest BCUT2D eigenvalue weighted by atomic mass is 9.69. The normalized spacial score (nSPS) is 42.1. The maximum absolute atomic E-state index is 14.5. The van der Waals surface area contributed by atoms with Crippen molar-refractivity contribution in [1.29, 1.82) is 0 Å². The molecule has 0 aromatic heterocycles. The van der Waals surface area contributed by atoms with Gasteiger partial charge in [-0.15, -0.1) is 0 Å². The van der Waals surface area contributed by atoms with Gasteiger partial charge in [-0.3, -0.25) is 0 Å². The van der Waals surface area contributed by atoms with Crippen LogP contribution in [-0.2, 0) is 0 Å². The van der Waals surface area contributed by atoms with Crippen molar-refractivity contribution in [2.45, 2.75) is 117 Å². The molecule has 0 aromatic rings. The molecule has 0 radical (unpaired) electrons. The fraction of sp³-hybridized carbons (Fsp3) is 0.923. The Hall–Kier alpha value is -0.580. The molecule has 0 nitrogen and oxygen atoms in total. The first-order valence-electron chi connectivity index (χ1n) is 12.3. The third-order valence-corrected chi connectivity index (χ3v) is 7.51. The van der Waals surface area contributed by atoms with Crippen molar-refractivity contribution in [1.82, 2.24) is 0 Å². The van der Waals surface area contributed by atoms with Crippen LogP contribution in [0, 0.1) is 47.3 Å². The molecule has 3 aliphatic rings. The highest BCUT2D eigenvalue weighted by molar-refractivity contribution is 5.10. The van der Waals surface area contributed by atoms with E-state index in [1.165, 1.54) is 51.4 Å². The minimum Gasteiger partial charge on any atom is -0.247 e. The monoisotopic (exact) mass is 394 g/mol. The molecule has 0 saturated heterocycles. The molecule has 0 aliphatic heterocycles. The zero-order valence-corrected chi connectivity index (χ0v) is 18.9. The van der Waals surface area contributed by atoms with E-state index < -0.39 is 12.3 Å². The first kappa shape index (κ1) is 23.7. The molecule has 0 amide bonds. The summed E-state index contributed by atoms with van der Waals surface area (Å²) in [6.07, 6.45) is 11.0. The van der Waals surface area contributed by atoms with Crippen LogP contribution in [0.3, 0.4) is 0 Å². The number of halogens is 2. The fourth-order valence-electron chi connectivity index (χ4n) is 5.59. The predicted molar refractivity (Wildman–Crippen MR) is 117 cm³/mol. The van der Waals surface area contributed by atoms with Crippen LogP contribution in [0.15, 0.2) is 0 Å². The van der Waals surface area contributed by atoms with Crippen molar-refractivity contribution in [2.24, 2.45) is 35.5 Å².